The number of carbonyl (C=O) groups is 1. The van der Waals surface area contributed by atoms with Crippen LogP contribution in [0.2, 0.25) is 0 Å². The number of hydrogen-bond donors (Lipinski definition) is 2. The Kier molecular flexibility index (Phi) is 6.80. The molecule has 2 aromatic rings. The lowest BCUT2D eigenvalue weighted by Gasteiger charge is -2.53. The fraction of sp³-hybridized carbons (Fsp3) is 0.593. The third-order valence-corrected chi connectivity index (χ3v) is 10.5. The number of nitrogens with one attached hydrogen (secondary N) is 2. The molecule has 38 heavy (non-hydrogen) atoms. The van der Waals surface area contributed by atoms with E-state index in [1.807, 2.05) is 13.8 Å². The first-order chi connectivity index (χ1) is 17.4. The number of fused-ring (bicyclic) bond motifs is 1. The monoisotopic (exact) mass is 546 g/mol. The van der Waals surface area contributed by atoms with E-state index in [0.717, 1.165) is 19.0 Å². The summed E-state index contributed by atoms with van der Waals surface area (Å²) >= 11 is 0. The van der Waals surface area contributed by atoms with Crippen LogP contribution >= 0.6 is 0 Å². The van der Waals surface area contributed by atoms with Crippen molar-refractivity contribution in [3.05, 3.63) is 30.2 Å². The van der Waals surface area contributed by atoms with Crippen molar-refractivity contribution < 1.29 is 17.6 Å². The van der Waals surface area contributed by atoms with Crippen LogP contribution < -0.4 is 15.5 Å². The van der Waals surface area contributed by atoms with E-state index in [0.29, 0.717) is 11.4 Å². The Morgan fingerprint density at radius 2 is 1.68 bits per heavy atom. The first kappa shape index (κ1) is 28.2. The van der Waals surface area contributed by atoms with Crippen molar-refractivity contribution in [3.63, 3.8) is 0 Å². The summed E-state index contributed by atoms with van der Waals surface area (Å²) < 4.78 is 39.9. The molecule has 2 aliphatic rings. The van der Waals surface area contributed by atoms with E-state index in [1.165, 1.54) is 24.8 Å². The summed E-state index contributed by atoms with van der Waals surface area (Å²) in [5.74, 6) is -0.805. The summed E-state index contributed by atoms with van der Waals surface area (Å²) in [7, 11) is -1.85. The highest BCUT2D eigenvalue weighted by Gasteiger charge is 2.51. The van der Waals surface area contributed by atoms with Crippen molar-refractivity contribution in [3.8, 4) is 0 Å². The van der Waals surface area contributed by atoms with Gasteiger partial charge in [0, 0.05) is 28.8 Å². The minimum atomic E-state index is -3.96. The molecule has 0 spiro atoms. The minimum Gasteiger partial charge on any atom is -0.365 e. The molecule has 1 saturated heterocycles. The molecule has 2 N–H and O–H groups in total. The molecule has 0 aliphatic carbocycles. The van der Waals surface area contributed by atoms with Gasteiger partial charge in [-0.2, -0.15) is 4.98 Å². The van der Waals surface area contributed by atoms with E-state index in [2.05, 4.69) is 60.2 Å². The van der Waals surface area contributed by atoms with Crippen molar-refractivity contribution in [2.75, 3.05) is 22.6 Å². The molecule has 0 atom stereocenters. The molecule has 4 rings (SSSR count). The molecular weight excluding hydrogens is 507 g/mol. The van der Waals surface area contributed by atoms with Crippen LogP contribution in [0, 0.1) is 5.82 Å². The number of likely N-dealkylation sites (tertiary alicyclic amines) is 1. The molecule has 3 heterocycles. The molecule has 2 aliphatic heterocycles. The summed E-state index contributed by atoms with van der Waals surface area (Å²) in [6.07, 6.45) is 2.71. The molecule has 9 nitrogen and oxygen atoms in total. The van der Waals surface area contributed by atoms with Crippen molar-refractivity contribution >= 4 is 38.9 Å². The molecule has 0 saturated carbocycles. The SMILES string of the molecule is CC(C)N1C(=O)C(C)(C)S(=O)(=O)c2cc(Nc3ncc(F)c(NC4CC(C)(C)N(C)C(C)(C)C4)n3)ccc21. The predicted octanol–water partition coefficient (Wildman–Crippen LogP) is 4.73. The number of nitrogens with zero attached hydrogens (tertiary/aromatic N) is 4. The largest absolute Gasteiger partial charge is 0.365 e. The molecule has 1 aromatic heterocycles. The smallest absolute Gasteiger partial charge is 0.248 e. The van der Waals surface area contributed by atoms with E-state index in [-0.39, 0.29) is 39.8 Å². The van der Waals surface area contributed by atoms with E-state index < -0.39 is 26.3 Å². The Labute approximate surface area is 225 Å². The van der Waals surface area contributed by atoms with Gasteiger partial charge >= 0.3 is 0 Å². The minimum absolute atomic E-state index is 0.00382. The van der Waals surface area contributed by atoms with Gasteiger partial charge in [0.25, 0.3) is 0 Å². The number of hydrogen-bond acceptors (Lipinski definition) is 8. The highest BCUT2D eigenvalue weighted by molar-refractivity contribution is 7.94. The fourth-order valence-corrected chi connectivity index (χ4v) is 7.23. The van der Waals surface area contributed by atoms with Gasteiger partial charge in [-0.3, -0.25) is 9.69 Å². The van der Waals surface area contributed by atoms with E-state index in [9.17, 15) is 17.6 Å². The van der Waals surface area contributed by atoms with Crippen molar-refractivity contribution in [1.82, 2.24) is 14.9 Å². The Bertz CT molecular complexity index is 1350. The van der Waals surface area contributed by atoms with Crippen LogP contribution in [0.4, 0.5) is 27.5 Å². The van der Waals surface area contributed by atoms with Crippen LogP contribution in [-0.2, 0) is 14.6 Å². The third kappa shape index (κ3) is 4.64. The molecule has 208 valence electrons. The molecule has 0 radical (unpaired) electrons. The predicted molar refractivity (Wildman–Crippen MR) is 148 cm³/mol. The average Bonchev–Trinajstić information content (AvgIpc) is 2.79. The second kappa shape index (κ2) is 9.15. The summed E-state index contributed by atoms with van der Waals surface area (Å²) in [6.45, 7) is 15.2. The summed E-state index contributed by atoms with van der Waals surface area (Å²) in [5.41, 5.74) is 0.583. The number of piperidine rings is 1. The van der Waals surface area contributed by atoms with Crippen LogP contribution in [-0.4, -0.2) is 64.1 Å². The molecule has 0 bridgehead atoms. The zero-order chi connectivity index (χ0) is 28.4. The molecule has 1 fully saturated rings. The number of sulfone groups is 1. The van der Waals surface area contributed by atoms with Gasteiger partial charge in [-0.15, -0.1) is 0 Å². The molecule has 11 heteroatoms. The van der Waals surface area contributed by atoms with Gasteiger partial charge in [0.1, 0.15) is 4.75 Å². The molecule has 1 aromatic carbocycles. The quantitative estimate of drug-likeness (QED) is 0.554. The first-order valence-corrected chi connectivity index (χ1v) is 14.4. The lowest BCUT2D eigenvalue weighted by Crippen LogP contribution is -2.61. The number of benzene rings is 1. The van der Waals surface area contributed by atoms with Gasteiger partial charge in [0.2, 0.25) is 11.9 Å². The first-order valence-electron chi connectivity index (χ1n) is 12.9. The number of carbonyl (C=O) groups excluding carboxylic acids is 1. The van der Waals surface area contributed by atoms with Crippen LogP contribution in [0.1, 0.15) is 68.2 Å². The van der Waals surface area contributed by atoms with Crippen LogP contribution in [0.3, 0.4) is 0 Å². The number of amides is 1. The Morgan fingerprint density at radius 1 is 1.08 bits per heavy atom. The van der Waals surface area contributed by atoms with Gasteiger partial charge in [-0.05, 0) is 93.5 Å². The highest BCUT2D eigenvalue weighted by atomic mass is 32.2. The standard InChI is InChI=1S/C27H39FN6O3S/c1-16(2)34-20-11-10-17(12-21(20)38(36,37)27(7,8)23(34)35)31-24-29-15-19(28)22(32-24)30-18-13-25(3,4)33(9)26(5,6)14-18/h10-12,15-16,18H,13-14H2,1-9H3,(H2,29,30,31,32). The van der Waals surface area contributed by atoms with Crippen LogP contribution in [0.15, 0.2) is 29.3 Å². The van der Waals surface area contributed by atoms with Gasteiger partial charge in [0.15, 0.2) is 21.5 Å². The number of aromatic nitrogens is 2. The molecule has 0 unspecified atom stereocenters. The van der Waals surface area contributed by atoms with Gasteiger partial charge < -0.3 is 15.5 Å². The number of halogens is 1. The maximum atomic E-state index is 14.8. The normalized spacial score (nSPS) is 22.3. The van der Waals surface area contributed by atoms with E-state index in [4.69, 9.17) is 0 Å². The topological polar surface area (TPSA) is 108 Å². The number of anilines is 4. The fourth-order valence-electron chi connectivity index (χ4n) is 5.63. The average molecular weight is 547 g/mol. The number of rotatable bonds is 5. The maximum absolute atomic E-state index is 14.8. The van der Waals surface area contributed by atoms with Gasteiger partial charge in [-0.25, -0.2) is 17.8 Å². The Morgan fingerprint density at radius 3 is 2.26 bits per heavy atom. The third-order valence-electron chi connectivity index (χ3n) is 8.08. The summed E-state index contributed by atoms with van der Waals surface area (Å²) in [5, 5.41) is 6.29. The molecule has 1 amide bonds. The lowest BCUT2D eigenvalue weighted by molar-refractivity contribution is -0.120. The Hall–Kier alpha value is -2.79. The zero-order valence-corrected chi connectivity index (χ0v) is 24.5. The van der Waals surface area contributed by atoms with E-state index >= 15 is 0 Å². The second-order valence-electron chi connectivity index (χ2n) is 12.4. The van der Waals surface area contributed by atoms with Crippen molar-refractivity contribution in [2.24, 2.45) is 0 Å². The van der Waals surface area contributed by atoms with E-state index in [1.54, 1.807) is 12.1 Å². The molecular formula is C27H39FN6O3S. The summed E-state index contributed by atoms with van der Waals surface area (Å²) in [4.78, 5) is 25.4. The zero-order valence-electron chi connectivity index (χ0n) is 23.7. The maximum Gasteiger partial charge on any atom is 0.248 e. The van der Waals surface area contributed by atoms with Gasteiger partial charge in [0.05, 0.1) is 16.8 Å². The second-order valence-corrected chi connectivity index (χ2v) is 14.9. The van der Waals surface area contributed by atoms with Crippen LogP contribution in [0.5, 0.6) is 0 Å². The Balaban J connectivity index is 1.64. The summed E-state index contributed by atoms with van der Waals surface area (Å²) in [6, 6.07) is 4.53. The van der Waals surface area contributed by atoms with Crippen molar-refractivity contribution in [1.29, 1.82) is 0 Å². The van der Waals surface area contributed by atoms with Gasteiger partial charge in [-0.1, -0.05) is 0 Å². The lowest BCUT2D eigenvalue weighted by atomic mass is 9.77. The highest BCUT2D eigenvalue weighted by Crippen LogP contribution is 2.43. The van der Waals surface area contributed by atoms with Crippen molar-refractivity contribution in [2.45, 2.75) is 101 Å². The van der Waals surface area contributed by atoms with Crippen LogP contribution in [0.25, 0.3) is 0 Å².